The minimum absolute atomic E-state index is 0.00839. The highest BCUT2D eigenvalue weighted by Gasteiger charge is 2.31. The molecular formula is C23H26N2O4S. The Kier molecular flexibility index (Phi) is 6.95. The fraction of sp³-hybridized carbons (Fsp3) is 0.304. The smallest absolute Gasteiger partial charge is 0.338 e. The largest absolute Gasteiger partial charge is 0.504 e. The number of carbonyl (C=O) groups excluding carboxylic acids is 1. The molecule has 2 aromatic carbocycles. The maximum Gasteiger partial charge on any atom is 0.338 e. The van der Waals surface area contributed by atoms with Gasteiger partial charge in [0.05, 0.1) is 18.2 Å². The summed E-state index contributed by atoms with van der Waals surface area (Å²) >= 11 is 5.27. The normalized spacial score (nSPS) is 16.1. The van der Waals surface area contributed by atoms with Gasteiger partial charge in [-0.15, -0.1) is 0 Å². The topological polar surface area (TPSA) is 79.8 Å². The molecule has 0 saturated heterocycles. The summed E-state index contributed by atoms with van der Waals surface area (Å²) < 4.78 is 11.2. The van der Waals surface area contributed by atoms with E-state index in [0.717, 1.165) is 5.56 Å². The number of hydrogen-bond donors (Lipinski definition) is 3. The van der Waals surface area contributed by atoms with E-state index in [-0.39, 0.29) is 12.4 Å². The number of esters is 1. The van der Waals surface area contributed by atoms with Gasteiger partial charge in [-0.3, -0.25) is 0 Å². The van der Waals surface area contributed by atoms with Gasteiger partial charge < -0.3 is 25.2 Å². The molecule has 1 aliphatic heterocycles. The zero-order valence-corrected chi connectivity index (χ0v) is 18.1. The number of aromatic hydroxyl groups is 1. The lowest BCUT2D eigenvalue weighted by Crippen LogP contribution is -2.45. The summed E-state index contributed by atoms with van der Waals surface area (Å²) in [5.74, 6) is 0.291. The number of hydrogen-bond acceptors (Lipinski definition) is 5. The fourth-order valence-corrected chi connectivity index (χ4v) is 3.38. The van der Waals surface area contributed by atoms with Crippen LogP contribution in [0.4, 0.5) is 0 Å². The minimum atomic E-state index is -0.549. The zero-order chi connectivity index (χ0) is 21.7. The summed E-state index contributed by atoms with van der Waals surface area (Å²) in [6.45, 7) is 6.51. The molecule has 2 aromatic rings. The van der Waals surface area contributed by atoms with Gasteiger partial charge >= 0.3 is 5.97 Å². The Labute approximate surface area is 181 Å². The fourth-order valence-electron chi connectivity index (χ4n) is 3.11. The maximum atomic E-state index is 12.9. The number of ether oxygens (including phenoxy) is 2. The van der Waals surface area contributed by atoms with Crippen LogP contribution in [0.2, 0.25) is 0 Å². The van der Waals surface area contributed by atoms with Gasteiger partial charge in [0.25, 0.3) is 0 Å². The van der Waals surface area contributed by atoms with Crippen LogP contribution in [0.15, 0.2) is 59.8 Å². The number of rotatable bonds is 7. The van der Waals surface area contributed by atoms with Gasteiger partial charge in [0.2, 0.25) is 0 Å². The second-order valence-electron chi connectivity index (χ2n) is 7.56. The summed E-state index contributed by atoms with van der Waals surface area (Å²) in [5, 5.41) is 16.9. The van der Waals surface area contributed by atoms with Crippen LogP contribution >= 0.6 is 12.2 Å². The van der Waals surface area contributed by atoms with Gasteiger partial charge in [0.1, 0.15) is 6.61 Å². The van der Waals surface area contributed by atoms with Crippen molar-refractivity contribution in [2.24, 2.45) is 5.92 Å². The molecule has 0 saturated carbocycles. The molecule has 0 bridgehead atoms. The van der Waals surface area contributed by atoms with E-state index in [4.69, 9.17) is 21.7 Å². The molecule has 30 heavy (non-hydrogen) atoms. The number of benzene rings is 2. The molecule has 0 radical (unpaired) electrons. The van der Waals surface area contributed by atoms with Crippen molar-refractivity contribution in [1.82, 2.24) is 10.6 Å². The predicted octanol–water partition coefficient (Wildman–Crippen LogP) is 3.96. The van der Waals surface area contributed by atoms with Crippen LogP contribution in [-0.2, 0) is 16.1 Å². The van der Waals surface area contributed by atoms with E-state index >= 15 is 0 Å². The van der Waals surface area contributed by atoms with Crippen molar-refractivity contribution in [3.05, 3.63) is 70.9 Å². The Morgan fingerprint density at radius 2 is 1.93 bits per heavy atom. The first-order chi connectivity index (χ1) is 14.3. The molecule has 6 nitrogen and oxygen atoms in total. The molecule has 3 rings (SSSR count). The lowest BCUT2D eigenvalue weighted by atomic mass is 9.95. The average Bonchev–Trinajstić information content (AvgIpc) is 2.71. The average molecular weight is 427 g/mol. The van der Waals surface area contributed by atoms with Crippen molar-refractivity contribution < 1.29 is 19.4 Å². The second-order valence-corrected chi connectivity index (χ2v) is 7.97. The van der Waals surface area contributed by atoms with Crippen LogP contribution in [0, 0.1) is 5.92 Å². The summed E-state index contributed by atoms with van der Waals surface area (Å²) in [4.78, 5) is 12.9. The van der Waals surface area contributed by atoms with E-state index in [2.05, 4.69) is 10.6 Å². The van der Waals surface area contributed by atoms with Crippen molar-refractivity contribution in [3.63, 3.8) is 0 Å². The molecule has 0 aromatic heterocycles. The lowest BCUT2D eigenvalue weighted by molar-refractivity contribution is -0.140. The molecule has 0 unspecified atom stereocenters. The summed E-state index contributed by atoms with van der Waals surface area (Å²) in [6, 6.07) is 14.0. The number of phenols is 1. The van der Waals surface area contributed by atoms with Gasteiger partial charge in [-0.1, -0.05) is 50.2 Å². The van der Waals surface area contributed by atoms with Crippen LogP contribution < -0.4 is 15.4 Å². The lowest BCUT2D eigenvalue weighted by Gasteiger charge is -2.30. The third-order valence-electron chi connectivity index (χ3n) is 4.59. The van der Waals surface area contributed by atoms with E-state index in [1.807, 2.05) is 44.2 Å². The van der Waals surface area contributed by atoms with Crippen molar-refractivity contribution in [1.29, 1.82) is 0 Å². The zero-order valence-electron chi connectivity index (χ0n) is 17.3. The number of phenolic OH excluding ortho intramolecular Hbond substituents is 1. The molecule has 0 aliphatic carbocycles. The SMILES string of the molecule is CC1=C(C(=O)OCc2ccccc2)[C@@H](c2ccc(OCC(C)C)c(O)c2)NC(=S)N1. The van der Waals surface area contributed by atoms with Gasteiger partial charge in [-0.05, 0) is 48.3 Å². The van der Waals surface area contributed by atoms with Gasteiger partial charge in [0, 0.05) is 5.70 Å². The van der Waals surface area contributed by atoms with E-state index in [0.29, 0.717) is 40.2 Å². The predicted molar refractivity (Wildman–Crippen MR) is 119 cm³/mol. The quantitative estimate of drug-likeness (QED) is 0.457. The number of nitrogens with one attached hydrogen (secondary N) is 2. The molecule has 3 N–H and O–H groups in total. The first-order valence-corrected chi connectivity index (χ1v) is 10.2. The van der Waals surface area contributed by atoms with Crippen molar-refractivity contribution in [3.8, 4) is 11.5 Å². The van der Waals surface area contributed by atoms with Gasteiger partial charge in [0.15, 0.2) is 16.6 Å². The molecule has 0 amide bonds. The molecule has 0 spiro atoms. The van der Waals surface area contributed by atoms with E-state index in [1.54, 1.807) is 25.1 Å². The first kappa shape index (κ1) is 21.6. The van der Waals surface area contributed by atoms with Crippen LogP contribution in [0.3, 0.4) is 0 Å². The monoisotopic (exact) mass is 426 g/mol. The second kappa shape index (κ2) is 9.63. The van der Waals surface area contributed by atoms with E-state index in [1.165, 1.54) is 0 Å². The van der Waals surface area contributed by atoms with E-state index in [9.17, 15) is 9.90 Å². The molecule has 158 valence electrons. The Balaban J connectivity index is 1.82. The van der Waals surface area contributed by atoms with Crippen molar-refractivity contribution >= 4 is 23.3 Å². The number of carbonyl (C=O) groups is 1. The molecule has 0 fully saturated rings. The first-order valence-electron chi connectivity index (χ1n) is 9.80. The summed E-state index contributed by atoms with van der Waals surface area (Å²) in [6.07, 6.45) is 0. The van der Waals surface area contributed by atoms with Crippen molar-refractivity contribution in [2.75, 3.05) is 6.61 Å². The molecule has 1 atom stereocenters. The highest BCUT2D eigenvalue weighted by Crippen LogP contribution is 2.34. The van der Waals surface area contributed by atoms with Crippen LogP contribution in [-0.4, -0.2) is 22.8 Å². The Hall–Kier alpha value is -3.06. The Morgan fingerprint density at radius 3 is 2.60 bits per heavy atom. The Morgan fingerprint density at radius 1 is 1.20 bits per heavy atom. The highest BCUT2D eigenvalue weighted by atomic mass is 32.1. The number of allylic oxidation sites excluding steroid dienone is 1. The summed E-state index contributed by atoms with van der Waals surface area (Å²) in [7, 11) is 0. The standard InChI is InChI=1S/C23H26N2O4S/c1-14(2)12-28-19-10-9-17(11-18(19)26)21-20(15(3)24-23(30)25-21)22(27)29-13-16-7-5-4-6-8-16/h4-11,14,21,26H,12-13H2,1-3H3,(H2,24,25,30)/t21-/m1/s1. The van der Waals surface area contributed by atoms with Crippen molar-refractivity contribution in [2.45, 2.75) is 33.4 Å². The van der Waals surface area contributed by atoms with Gasteiger partial charge in [-0.2, -0.15) is 0 Å². The maximum absolute atomic E-state index is 12.9. The number of thiocarbonyl (C=S) groups is 1. The molecule has 1 heterocycles. The third kappa shape index (κ3) is 5.30. The van der Waals surface area contributed by atoms with Gasteiger partial charge in [-0.25, -0.2) is 4.79 Å². The Bertz CT molecular complexity index is 957. The molecule has 1 aliphatic rings. The molecular weight excluding hydrogens is 400 g/mol. The highest BCUT2D eigenvalue weighted by molar-refractivity contribution is 7.80. The van der Waals surface area contributed by atoms with E-state index < -0.39 is 12.0 Å². The molecule has 7 heteroatoms. The summed E-state index contributed by atoms with van der Waals surface area (Å²) in [5.41, 5.74) is 2.60. The van der Waals surface area contributed by atoms with Crippen LogP contribution in [0.5, 0.6) is 11.5 Å². The minimum Gasteiger partial charge on any atom is -0.504 e. The van der Waals surface area contributed by atoms with Crippen LogP contribution in [0.25, 0.3) is 0 Å². The third-order valence-corrected chi connectivity index (χ3v) is 4.81. The van der Waals surface area contributed by atoms with Crippen LogP contribution in [0.1, 0.15) is 37.9 Å².